The monoisotopic (exact) mass is 332 g/mol. The highest BCUT2D eigenvalue weighted by molar-refractivity contribution is 9.10. The molecule has 0 aliphatic carbocycles. The number of ether oxygens (including phenoxy) is 1. The highest BCUT2D eigenvalue weighted by atomic mass is 79.9. The Balaban J connectivity index is 1.80. The van der Waals surface area contributed by atoms with Gasteiger partial charge in [0.25, 0.3) is 0 Å². The van der Waals surface area contributed by atoms with E-state index in [-0.39, 0.29) is 6.10 Å². The zero-order valence-electron chi connectivity index (χ0n) is 10.2. The maximum Gasteiger partial charge on any atom is 0.0582 e. The molecule has 0 amide bonds. The second kappa shape index (κ2) is 6.90. The predicted octanol–water partition coefficient (Wildman–Crippen LogP) is 3.97. The summed E-state index contributed by atoms with van der Waals surface area (Å²) in [6.45, 7) is 0.874. The van der Waals surface area contributed by atoms with Crippen LogP contribution in [0.4, 0.5) is 0 Å². The molecule has 0 bridgehead atoms. The summed E-state index contributed by atoms with van der Waals surface area (Å²) < 4.78 is 6.51. The summed E-state index contributed by atoms with van der Waals surface area (Å²) in [5.74, 6) is 0. The molecule has 1 heterocycles. The summed E-state index contributed by atoms with van der Waals surface area (Å²) in [6, 6.07) is 5.78. The van der Waals surface area contributed by atoms with Gasteiger partial charge in [-0.1, -0.05) is 33.6 Å². The van der Waals surface area contributed by atoms with Gasteiger partial charge in [0.05, 0.1) is 12.2 Å². The largest absolute Gasteiger partial charge is 0.393 e. The number of benzene rings is 1. The molecular weight excluding hydrogens is 316 g/mol. The minimum atomic E-state index is -0.340. The van der Waals surface area contributed by atoms with Crippen LogP contribution in [0.3, 0.4) is 0 Å². The van der Waals surface area contributed by atoms with Crippen molar-refractivity contribution in [2.45, 2.75) is 44.3 Å². The van der Waals surface area contributed by atoms with Gasteiger partial charge in [-0.3, -0.25) is 0 Å². The molecule has 1 aromatic carbocycles. The average molecular weight is 334 g/mol. The van der Waals surface area contributed by atoms with Gasteiger partial charge in [-0.25, -0.2) is 0 Å². The molecule has 100 valence electrons. The summed E-state index contributed by atoms with van der Waals surface area (Å²) in [5, 5.41) is 10.7. The van der Waals surface area contributed by atoms with Crippen molar-refractivity contribution in [3.05, 3.63) is 33.3 Å². The Morgan fingerprint density at radius 1 is 1.50 bits per heavy atom. The standard InChI is InChI=1S/C14H18BrClO2/c15-11-4-3-10(14(16)9-11)8-12(17)5-6-13-2-1-7-18-13/h3-4,9,12-13,17H,1-2,5-8H2. The van der Waals surface area contributed by atoms with E-state index in [4.69, 9.17) is 16.3 Å². The molecule has 2 rings (SSSR count). The summed E-state index contributed by atoms with van der Waals surface area (Å²) in [6.07, 6.45) is 4.61. The highest BCUT2D eigenvalue weighted by Gasteiger charge is 2.17. The van der Waals surface area contributed by atoms with E-state index in [1.807, 2.05) is 18.2 Å². The van der Waals surface area contributed by atoms with Crippen LogP contribution in [0.25, 0.3) is 0 Å². The van der Waals surface area contributed by atoms with Crippen LogP contribution in [-0.2, 0) is 11.2 Å². The molecule has 1 aromatic rings. The van der Waals surface area contributed by atoms with Crippen LogP contribution in [0, 0.1) is 0 Å². The van der Waals surface area contributed by atoms with E-state index in [1.165, 1.54) is 0 Å². The molecule has 0 radical (unpaired) electrons. The number of hydrogen-bond acceptors (Lipinski definition) is 2. The fraction of sp³-hybridized carbons (Fsp3) is 0.571. The lowest BCUT2D eigenvalue weighted by molar-refractivity contribution is 0.0813. The average Bonchev–Trinajstić information content (AvgIpc) is 2.83. The lowest BCUT2D eigenvalue weighted by Gasteiger charge is -2.14. The van der Waals surface area contributed by atoms with E-state index in [0.717, 1.165) is 42.3 Å². The topological polar surface area (TPSA) is 29.5 Å². The molecule has 2 unspecified atom stereocenters. The maximum atomic E-state index is 10.0. The van der Waals surface area contributed by atoms with Gasteiger partial charge in [-0.05, 0) is 49.8 Å². The van der Waals surface area contributed by atoms with E-state index in [2.05, 4.69) is 15.9 Å². The van der Waals surface area contributed by atoms with Crippen molar-refractivity contribution < 1.29 is 9.84 Å². The Bertz CT molecular complexity index is 391. The van der Waals surface area contributed by atoms with E-state index in [1.54, 1.807) is 0 Å². The molecule has 1 aliphatic heterocycles. The van der Waals surface area contributed by atoms with Crippen molar-refractivity contribution in [3.8, 4) is 0 Å². The van der Waals surface area contributed by atoms with E-state index in [0.29, 0.717) is 17.5 Å². The van der Waals surface area contributed by atoms with E-state index < -0.39 is 0 Å². The summed E-state index contributed by atoms with van der Waals surface area (Å²) in [5.41, 5.74) is 1.000. The van der Waals surface area contributed by atoms with Crippen molar-refractivity contribution in [1.82, 2.24) is 0 Å². The van der Waals surface area contributed by atoms with Crippen LogP contribution in [0.1, 0.15) is 31.2 Å². The van der Waals surface area contributed by atoms with Crippen molar-refractivity contribution in [2.24, 2.45) is 0 Å². The summed E-state index contributed by atoms with van der Waals surface area (Å²) in [4.78, 5) is 0. The molecule has 1 aliphatic rings. The zero-order chi connectivity index (χ0) is 13.0. The molecule has 0 saturated carbocycles. The van der Waals surface area contributed by atoms with Crippen molar-refractivity contribution in [1.29, 1.82) is 0 Å². The second-order valence-corrected chi connectivity index (χ2v) is 6.13. The minimum absolute atomic E-state index is 0.340. The molecule has 2 nitrogen and oxygen atoms in total. The third-order valence-corrected chi connectivity index (χ3v) is 4.16. The fourth-order valence-corrected chi connectivity index (χ4v) is 3.04. The predicted molar refractivity (Wildman–Crippen MR) is 77.1 cm³/mol. The molecule has 1 N–H and O–H groups in total. The Labute approximate surface area is 121 Å². The first kappa shape index (κ1) is 14.3. The van der Waals surface area contributed by atoms with Gasteiger partial charge >= 0.3 is 0 Å². The number of halogens is 2. The van der Waals surface area contributed by atoms with Gasteiger partial charge in [0.15, 0.2) is 0 Å². The normalized spacial score (nSPS) is 21.2. The minimum Gasteiger partial charge on any atom is -0.393 e. The van der Waals surface area contributed by atoms with Gasteiger partial charge in [-0.15, -0.1) is 0 Å². The van der Waals surface area contributed by atoms with Gasteiger partial charge in [-0.2, -0.15) is 0 Å². The number of hydrogen-bond donors (Lipinski definition) is 1. The van der Waals surface area contributed by atoms with Crippen LogP contribution in [0.15, 0.2) is 22.7 Å². The third-order valence-electron chi connectivity index (χ3n) is 3.32. The molecule has 1 fully saturated rings. The van der Waals surface area contributed by atoms with Crippen LogP contribution >= 0.6 is 27.5 Å². The van der Waals surface area contributed by atoms with Gasteiger partial charge in [0.1, 0.15) is 0 Å². The lowest BCUT2D eigenvalue weighted by Crippen LogP contribution is -2.15. The second-order valence-electron chi connectivity index (χ2n) is 4.81. The maximum absolute atomic E-state index is 10.0. The summed E-state index contributed by atoms with van der Waals surface area (Å²) >= 11 is 9.51. The first-order valence-electron chi connectivity index (χ1n) is 6.39. The summed E-state index contributed by atoms with van der Waals surface area (Å²) in [7, 11) is 0. The Morgan fingerprint density at radius 2 is 2.33 bits per heavy atom. The van der Waals surface area contributed by atoms with Crippen LogP contribution in [0.2, 0.25) is 5.02 Å². The molecule has 0 spiro atoms. The fourth-order valence-electron chi connectivity index (χ4n) is 2.29. The first-order chi connectivity index (χ1) is 8.65. The number of aliphatic hydroxyl groups is 1. The van der Waals surface area contributed by atoms with E-state index >= 15 is 0 Å². The van der Waals surface area contributed by atoms with Crippen molar-refractivity contribution >= 4 is 27.5 Å². The number of rotatable bonds is 5. The molecule has 2 atom stereocenters. The zero-order valence-corrected chi connectivity index (χ0v) is 12.6. The van der Waals surface area contributed by atoms with Gasteiger partial charge in [0.2, 0.25) is 0 Å². The van der Waals surface area contributed by atoms with Crippen LogP contribution in [0.5, 0.6) is 0 Å². The van der Waals surface area contributed by atoms with E-state index in [9.17, 15) is 5.11 Å². The lowest BCUT2D eigenvalue weighted by atomic mass is 10.0. The first-order valence-corrected chi connectivity index (χ1v) is 7.56. The third kappa shape index (κ3) is 4.23. The number of aliphatic hydroxyl groups excluding tert-OH is 1. The Kier molecular flexibility index (Phi) is 5.49. The van der Waals surface area contributed by atoms with Gasteiger partial charge in [0, 0.05) is 16.1 Å². The highest BCUT2D eigenvalue weighted by Crippen LogP contribution is 2.24. The molecule has 0 aromatic heterocycles. The van der Waals surface area contributed by atoms with Crippen molar-refractivity contribution in [2.75, 3.05) is 6.61 Å². The molecular formula is C14H18BrClO2. The Morgan fingerprint density at radius 3 is 3.00 bits per heavy atom. The van der Waals surface area contributed by atoms with Crippen LogP contribution in [-0.4, -0.2) is 23.9 Å². The van der Waals surface area contributed by atoms with Crippen molar-refractivity contribution in [3.63, 3.8) is 0 Å². The SMILES string of the molecule is OC(CCC1CCCO1)Cc1ccc(Br)cc1Cl. The van der Waals surface area contributed by atoms with Gasteiger partial charge < -0.3 is 9.84 Å². The Hall–Kier alpha value is -0.0900. The molecule has 1 saturated heterocycles. The molecule has 4 heteroatoms. The quantitative estimate of drug-likeness (QED) is 0.883. The smallest absolute Gasteiger partial charge is 0.0582 e. The molecule has 18 heavy (non-hydrogen) atoms. The van der Waals surface area contributed by atoms with Crippen LogP contribution < -0.4 is 0 Å².